The minimum Gasteiger partial charge on any atom is -0.422 e. The highest BCUT2D eigenvalue weighted by atomic mass is 32.1. The van der Waals surface area contributed by atoms with Crippen LogP contribution in [0.4, 0.5) is 5.13 Å². The standard InChI is InChI=1S/C23H12N2O3S/c26-21(16-11-13-5-1-2-10-17(13)28-22(16)27)25-23-24-19-14-8-3-6-12-7-4-9-15(18(12)14)20(19)29-23/h1-11H,(H,24,25,26). The van der Waals surface area contributed by atoms with E-state index in [9.17, 15) is 9.59 Å². The number of carbonyl (C=O) groups is 1. The molecule has 2 aromatic heterocycles. The van der Waals surface area contributed by atoms with Crippen molar-refractivity contribution >= 4 is 44.1 Å². The van der Waals surface area contributed by atoms with Crippen molar-refractivity contribution in [3.05, 3.63) is 82.7 Å². The van der Waals surface area contributed by atoms with Crippen LogP contribution in [0.25, 0.3) is 43.4 Å². The van der Waals surface area contributed by atoms with Crippen LogP contribution in [-0.4, -0.2) is 10.9 Å². The molecule has 3 aromatic carbocycles. The molecule has 0 saturated heterocycles. The number of nitrogens with zero attached hydrogens (tertiary/aromatic N) is 1. The zero-order chi connectivity index (χ0) is 19.5. The summed E-state index contributed by atoms with van der Waals surface area (Å²) in [6, 6.07) is 21.0. The number of anilines is 1. The molecule has 0 bridgehead atoms. The number of thiazole rings is 1. The third kappa shape index (κ3) is 2.36. The number of fused-ring (bicyclic) bond motifs is 4. The molecular formula is C23H12N2O3S. The van der Waals surface area contributed by atoms with Crippen molar-refractivity contribution in [3.63, 3.8) is 0 Å². The largest absolute Gasteiger partial charge is 0.422 e. The Morgan fingerprint density at radius 1 is 0.931 bits per heavy atom. The summed E-state index contributed by atoms with van der Waals surface area (Å²) >= 11 is 1.41. The van der Waals surface area contributed by atoms with Crippen LogP contribution in [0.1, 0.15) is 10.4 Å². The Kier molecular flexibility index (Phi) is 3.28. The summed E-state index contributed by atoms with van der Waals surface area (Å²) in [6.07, 6.45) is 0. The summed E-state index contributed by atoms with van der Waals surface area (Å²) in [7, 11) is 0. The lowest BCUT2D eigenvalue weighted by atomic mass is 10.0. The molecule has 6 heteroatoms. The number of amides is 1. The second-order valence-electron chi connectivity index (χ2n) is 6.85. The lowest BCUT2D eigenvalue weighted by molar-refractivity contribution is 0.102. The van der Waals surface area contributed by atoms with Gasteiger partial charge < -0.3 is 4.42 Å². The van der Waals surface area contributed by atoms with E-state index in [-0.39, 0.29) is 5.56 Å². The fraction of sp³-hybridized carbons (Fsp3) is 0. The summed E-state index contributed by atoms with van der Waals surface area (Å²) in [6.45, 7) is 0. The van der Waals surface area contributed by atoms with Gasteiger partial charge in [0, 0.05) is 16.5 Å². The van der Waals surface area contributed by atoms with Gasteiger partial charge in [-0.3, -0.25) is 10.1 Å². The van der Waals surface area contributed by atoms with E-state index < -0.39 is 11.5 Å². The fourth-order valence-corrected chi connectivity index (χ4v) is 4.86. The van der Waals surface area contributed by atoms with Crippen LogP contribution in [-0.2, 0) is 0 Å². The molecule has 0 unspecified atom stereocenters. The van der Waals surface area contributed by atoms with E-state index in [1.807, 2.05) is 24.3 Å². The monoisotopic (exact) mass is 396 g/mol. The molecule has 6 rings (SSSR count). The van der Waals surface area contributed by atoms with Crippen molar-refractivity contribution in [1.29, 1.82) is 0 Å². The van der Waals surface area contributed by atoms with E-state index in [0.29, 0.717) is 16.1 Å². The quantitative estimate of drug-likeness (QED) is 0.403. The maximum absolute atomic E-state index is 12.7. The van der Waals surface area contributed by atoms with Crippen molar-refractivity contribution in [2.75, 3.05) is 5.32 Å². The highest BCUT2D eigenvalue weighted by Crippen LogP contribution is 2.50. The van der Waals surface area contributed by atoms with Gasteiger partial charge in [-0.15, -0.1) is 0 Å². The number of aromatic nitrogens is 1. The molecule has 0 saturated carbocycles. The van der Waals surface area contributed by atoms with Gasteiger partial charge >= 0.3 is 5.63 Å². The van der Waals surface area contributed by atoms with Gasteiger partial charge in [0.1, 0.15) is 11.1 Å². The Bertz CT molecular complexity index is 1470. The molecule has 0 fully saturated rings. The van der Waals surface area contributed by atoms with Crippen molar-refractivity contribution < 1.29 is 9.21 Å². The van der Waals surface area contributed by atoms with E-state index in [1.54, 1.807) is 24.3 Å². The molecule has 0 atom stereocenters. The normalized spacial score (nSPS) is 11.7. The SMILES string of the molecule is O=C(Nc1nc2c(s1)-c1cccc3cccc-2c13)c1cc2ccccc2oc1=O. The van der Waals surface area contributed by atoms with Gasteiger partial charge in [-0.05, 0) is 22.9 Å². The van der Waals surface area contributed by atoms with Gasteiger partial charge in [0.25, 0.3) is 5.91 Å². The molecule has 138 valence electrons. The van der Waals surface area contributed by atoms with Crippen molar-refractivity contribution in [1.82, 2.24) is 4.98 Å². The third-order valence-corrected chi connectivity index (χ3v) is 6.14. The summed E-state index contributed by atoms with van der Waals surface area (Å²) in [5, 5.41) is 6.28. The zero-order valence-electron chi connectivity index (χ0n) is 14.9. The summed E-state index contributed by atoms with van der Waals surface area (Å²) < 4.78 is 5.26. The summed E-state index contributed by atoms with van der Waals surface area (Å²) in [5.41, 5.74) is 2.79. The molecule has 0 aliphatic heterocycles. The summed E-state index contributed by atoms with van der Waals surface area (Å²) in [4.78, 5) is 30.7. The number of rotatable bonds is 2. The average Bonchev–Trinajstić information content (AvgIpc) is 3.27. The van der Waals surface area contributed by atoms with Crippen LogP contribution in [0.5, 0.6) is 0 Å². The number of benzene rings is 3. The molecule has 1 N–H and O–H groups in total. The van der Waals surface area contributed by atoms with Gasteiger partial charge in [-0.2, -0.15) is 0 Å². The predicted octanol–water partition coefficient (Wildman–Crippen LogP) is 5.30. The lowest BCUT2D eigenvalue weighted by Crippen LogP contribution is -2.20. The molecule has 1 aliphatic rings. The van der Waals surface area contributed by atoms with Gasteiger partial charge in [0.05, 0.1) is 10.6 Å². The van der Waals surface area contributed by atoms with E-state index >= 15 is 0 Å². The number of hydrogen-bond acceptors (Lipinski definition) is 5. The first-order valence-corrected chi connectivity index (χ1v) is 9.88. The second kappa shape index (κ2) is 5.86. The molecule has 0 spiro atoms. The van der Waals surface area contributed by atoms with Crippen LogP contribution >= 0.6 is 11.3 Å². The Balaban J connectivity index is 1.39. The van der Waals surface area contributed by atoms with Gasteiger partial charge in [0.2, 0.25) is 0 Å². The first-order valence-electron chi connectivity index (χ1n) is 9.06. The minimum absolute atomic E-state index is 0.0402. The Labute approximate surface area is 168 Å². The molecule has 29 heavy (non-hydrogen) atoms. The van der Waals surface area contributed by atoms with Crippen molar-refractivity contribution in [2.45, 2.75) is 0 Å². The van der Waals surface area contributed by atoms with E-state index in [4.69, 9.17) is 4.42 Å². The maximum atomic E-state index is 12.7. The molecule has 1 aliphatic carbocycles. The van der Waals surface area contributed by atoms with Crippen LogP contribution in [0.15, 0.2) is 75.9 Å². The first-order chi connectivity index (χ1) is 14.2. The van der Waals surface area contributed by atoms with Gasteiger partial charge in [0.15, 0.2) is 5.13 Å². The Hall–Kier alpha value is -3.77. The highest BCUT2D eigenvalue weighted by molar-refractivity contribution is 7.20. The minimum atomic E-state index is -0.666. The predicted molar refractivity (Wildman–Crippen MR) is 114 cm³/mol. The second-order valence-corrected chi connectivity index (χ2v) is 7.84. The lowest BCUT2D eigenvalue weighted by Gasteiger charge is -2.04. The highest BCUT2D eigenvalue weighted by Gasteiger charge is 2.26. The van der Waals surface area contributed by atoms with Crippen molar-refractivity contribution in [3.8, 4) is 21.7 Å². The molecule has 5 nitrogen and oxygen atoms in total. The number of nitrogens with one attached hydrogen (secondary N) is 1. The van der Waals surface area contributed by atoms with Gasteiger partial charge in [-0.25, -0.2) is 9.78 Å². The number of carbonyl (C=O) groups excluding carboxylic acids is 1. The Morgan fingerprint density at radius 2 is 1.69 bits per heavy atom. The fourth-order valence-electron chi connectivity index (χ4n) is 3.85. The van der Waals surface area contributed by atoms with E-state index in [0.717, 1.165) is 21.7 Å². The summed E-state index contributed by atoms with van der Waals surface area (Å²) in [5.74, 6) is -0.525. The average molecular weight is 396 g/mol. The van der Waals surface area contributed by atoms with Crippen LogP contribution in [0, 0.1) is 0 Å². The third-order valence-electron chi connectivity index (χ3n) is 5.14. The molecule has 1 amide bonds. The molecule has 2 heterocycles. The smallest absolute Gasteiger partial charge is 0.349 e. The topological polar surface area (TPSA) is 72.2 Å². The van der Waals surface area contributed by atoms with Gasteiger partial charge in [-0.1, -0.05) is 65.9 Å². The zero-order valence-corrected chi connectivity index (χ0v) is 15.7. The van der Waals surface area contributed by atoms with Crippen LogP contribution < -0.4 is 10.9 Å². The van der Waals surface area contributed by atoms with Crippen LogP contribution in [0.2, 0.25) is 0 Å². The van der Waals surface area contributed by atoms with Crippen molar-refractivity contribution in [2.24, 2.45) is 0 Å². The van der Waals surface area contributed by atoms with Crippen LogP contribution in [0.3, 0.4) is 0 Å². The molecular weight excluding hydrogens is 384 g/mol. The number of para-hydroxylation sites is 1. The number of hydrogen-bond donors (Lipinski definition) is 1. The van der Waals surface area contributed by atoms with E-state index in [2.05, 4.69) is 28.5 Å². The Morgan fingerprint density at radius 3 is 2.55 bits per heavy atom. The van der Waals surface area contributed by atoms with E-state index in [1.165, 1.54) is 22.1 Å². The first kappa shape index (κ1) is 16.2. The molecule has 5 aromatic rings. The molecule has 0 radical (unpaired) electrons. The maximum Gasteiger partial charge on any atom is 0.349 e.